The van der Waals surface area contributed by atoms with Crippen molar-refractivity contribution in [3.8, 4) is 5.75 Å². The van der Waals surface area contributed by atoms with Crippen LogP contribution in [0.1, 0.15) is 31.9 Å². The lowest BCUT2D eigenvalue weighted by Crippen LogP contribution is -2.53. The lowest BCUT2D eigenvalue weighted by atomic mass is 10.1. The molecule has 0 saturated heterocycles. The van der Waals surface area contributed by atoms with Crippen LogP contribution < -0.4 is 14.4 Å². The van der Waals surface area contributed by atoms with Crippen molar-refractivity contribution in [3.05, 3.63) is 88.9 Å². The first-order chi connectivity index (χ1) is 18.9. The number of hydrogen-bond donors (Lipinski definition) is 1. The van der Waals surface area contributed by atoms with Gasteiger partial charge in [0.05, 0.1) is 22.7 Å². The number of ether oxygens (including phenoxy) is 1. The predicted molar refractivity (Wildman–Crippen MR) is 158 cm³/mol. The highest BCUT2D eigenvalue weighted by Gasteiger charge is 2.32. The van der Waals surface area contributed by atoms with Gasteiger partial charge in [0.2, 0.25) is 11.8 Å². The molecule has 3 rings (SSSR count). The van der Waals surface area contributed by atoms with Crippen LogP contribution in [0.2, 0.25) is 5.02 Å². The molecule has 0 unspecified atom stereocenters. The number of benzene rings is 3. The van der Waals surface area contributed by atoms with E-state index in [9.17, 15) is 18.0 Å². The molecule has 0 fully saturated rings. The number of carbonyl (C=O) groups is 2. The van der Waals surface area contributed by atoms with Gasteiger partial charge in [0.25, 0.3) is 10.0 Å². The number of methoxy groups -OCH3 is 1. The van der Waals surface area contributed by atoms with Crippen LogP contribution in [-0.2, 0) is 26.0 Å². The van der Waals surface area contributed by atoms with Crippen LogP contribution in [0.15, 0.2) is 77.7 Å². The highest BCUT2D eigenvalue weighted by molar-refractivity contribution is 7.92. The largest absolute Gasteiger partial charge is 0.495 e. The van der Waals surface area contributed by atoms with Crippen molar-refractivity contribution in [2.45, 2.75) is 51.1 Å². The molecule has 3 aromatic rings. The zero-order valence-corrected chi connectivity index (χ0v) is 25.0. The number of rotatable bonds is 12. The van der Waals surface area contributed by atoms with E-state index in [0.29, 0.717) is 12.2 Å². The zero-order valence-electron chi connectivity index (χ0n) is 23.4. The lowest BCUT2D eigenvalue weighted by Gasteiger charge is -2.32. The Morgan fingerprint density at radius 2 is 1.62 bits per heavy atom. The van der Waals surface area contributed by atoms with Gasteiger partial charge in [0, 0.05) is 12.6 Å². The minimum atomic E-state index is -4.18. The predicted octanol–water partition coefficient (Wildman–Crippen LogP) is 4.84. The fourth-order valence-electron chi connectivity index (χ4n) is 4.15. The summed E-state index contributed by atoms with van der Waals surface area (Å²) in [5.41, 5.74) is 2.08. The molecule has 8 nitrogen and oxygen atoms in total. The molecule has 40 heavy (non-hydrogen) atoms. The first kappa shape index (κ1) is 31.0. The molecule has 1 N–H and O–H groups in total. The molecular weight excluding hydrogens is 550 g/mol. The van der Waals surface area contributed by atoms with Gasteiger partial charge in [0.15, 0.2) is 0 Å². The van der Waals surface area contributed by atoms with E-state index in [0.717, 1.165) is 15.4 Å². The second-order valence-electron chi connectivity index (χ2n) is 9.81. The van der Waals surface area contributed by atoms with Crippen molar-refractivity contribution in [1.82, 2.24) is 10.2 Å². The van der Waals surface area contributed by atoms with E-state index in [1.54, 1.807) is 25.1 Å². The third kappa shape index (κ3) is 7.76. The molecule has 0 saturated carbocycles. The van der Waals surface area contributed by atoms with E-state index < -0.39 is 28.5 Å². The van der Waals surface area contributed by atoms with Gasteiger partial charge in [-0.2, -0.15) is 0 Å². The van der Waals surface area contributed by atoms with Gasteiger partial charge in [0.1, 0.15) is 18.3 Å². The summed E-state index contributed by atoms with van der Waals surface area (Å²) in [4.78, 5) is 28.3. The van der Waals surface area contributed by atoms with E-state index in [-0.39, 0.29) is 34.1 Å². The summed E-state index contributed by atoms with van der Waals surface area (Å²) in [6, 6.07) is 19.5. The van der Waals surface area contributed by atoms with Crippen LogP contribution in [0, 0.1) is 6.92 Å². The first-order valence-corrected chi connectivity index (χ1v) is 14.8. The molecule has 0 aromatic heterocycles. The van der Waals surface area contributed by atoms with E-state index in [1.807, 2.05) is 51.1 Å². The molecule has 3 aromatic carbocycles. The third-order valence-corrected chi connectivity index (χ3v) is 8.48. The van der Waals surface area contributed by atoms with Gasteiger partial charge < -0.3 is 15.0 Å². The van der Waals surface area contributed by atoms with Crippen molar-refractivity contribution in [2.75, 3.05) is 24.5 Å². The number of carbonyl (C=O) groups excluding carboxylic acids is 2. The molecular formula is C30H36ClN3O5S. The Morgan fingerprint density at radius 3 is 2.20 bits per heavy atom. The number of hydrogen-bond acceptors (Lipinski definition) is 5. The van der Waals surface area contributed by atoms with Crippen molar-refractivity contribution < 1.29 is 22.7 Å². The normalized spacial score (nSPS) is 12.1. The van der Waals surface area contributed by atoms with E-state index in [4.69, 9.17) is 16.3 Å². The molecule has 0 heterocycles. The summed E-state index contributed by atoms with van der Waals surface area (Å²) in [7, 11) is -2.72. The summed E-state index contributed by atoms with van der Waals surface area (Å²) in [6.45, 7) is 6.86. The topological polar surface area (TPSA) is 96.0 Å². The van der Waals surface area contributed by atoms with Gasteiger partial charge in [-0.15, -0.1) is 0 Å². The Labute approximate surface area is 241 Å². The van der Waals surface area contributed by atoms with Crippen molar-refractivity contribution in [1.29, 1.82) is 0 Å². The molecule has 0 spiro atoms. The van der Waals surface area contributed by atoms with E-state index in [1.165, 1.54) is 36.3 Å². The van der Waals surface area contributed by atoms with Gasteiger partial charge >= 0.3 is 0 Å². The Morgan fingerprint density at radius 1 is 0.975 bits per heavy atom. The second kappa shape index (κ2) is 13.7. The maximum Gasteiger partial charge on any atom is 0.264 e. The number of sulfonamides is 1. The number of halogens is 1. The molecule has 2 amide bonds. The third-order valence-electron chi connectivity index (χ3n) is 6.39. The minimum Gasteiger partial charge on any atom is -0.495 e. The number of nitrogens with zero attached hydrogens (tertiary/aromatic N) is 2. The Hall–Kier alpha value is -3.56. The number of amides is 2. The second-order valence-corrected chi connectivity index (χ2v) is 12.1. The van der Waals surface area contributed by atoms with Gasteiger partial charge in [-0.1, -0.05) is 59.6 Å². The Balaban J connectivity index is 2.02. The van der Waals surface area contributed by atoms with Gasteiger partial charge in [-0.25, -0.2) is 8.42 Å². The highest BCUT2D eigenvalue weighted by Crippen LogP contribution is 2.32. The quantitative estimate of drug-likeness (QED) is 0.328. The number of aryl methyl sites for hydroxylation is 1. The fraction of sp³-hybridized carbons (Fsp3) is 0.333. The summed E-state index contributed by atoms with van der Waals surface area (Å²) < 4.78 is 34.0. The zero-order chi connectivity index (χ0) is 29.4. The molecule has 0 bridgehead atoms. The standard InChI is InChI=1S/C30H36ClN3O5S/c1-21(2)32-30(36)23(4)33(18-17-24-9-7-6-8-10-24)29(35)20-34(25-13-16-28(39-5)27(31)19-25)40(37,38)26-14-11-22(3)12-15-26/h6-16,19,21,23H,17-18,20H2,1-5H3,(H,32,36)/t23-/m1/s1. The van der Waals surface area contributed by atoms with Crippen molar-refractivity contribution in [3.63, 3.8) is 0 Å². The maximum atomic E-state index is 13.9. The highest BCUT2D eigenvalue weighted by atomic mass is 35.5. The minimum absolute atomic E-state index is 0.0271. The lowest BCUT2D eigenvalue weighted by molar-refractivity contribution is -0.139. The van der Waals surface area contributed by atoms with E-state index in [2.05, 4.69) is 5.32 Å². The molecule has 0 aliphatic rings. The van der Waals surface area contributed by atoms with Gasteiger partial charge in [-0.3, -0.25) is 13.9 Å². The molecule has 214 valence electrons. The summed E-state index contributed by atoms with van der Waals surface area (Å²) >= 11 is 6.35. The number of anilines is 1. The summed E-state index contributed by atoms with van der Waals surface area (Å²) in [5.74, 6) is -0.477. The molecule has 0 aliphatic carbocycles. The molecule has 0 aliphatic heterocycles. The average molecular weight is 586 g/mol. The van der Waals surface area contributed by atoms with Crippen LogP contribution in [0.4, 0.5) is 5.69 Å². The molecule has 10 heteroatoms. The van der Waals surface area contributed by atoms with Crippen LogP contribution >= 0.6 is 11.6 Å². The van der Waals surface area contributed by atoms with Crippen LogP contribution in [0.3, 0.4) is 0 Å². The fourth-order valence-corrected chi connectivity index (χ4v) is 5.81. The van der Waals surface area contributed by atoms with Crippen LogP contribution in [-0.4, -0.2) is 57.4 Å². The Kier molecular flexibility index (Phi) is 10.6. The number of nitrogens with one attached hydrogen (secondary N) is 1. The molecule has 0 radical (unpaired) electrons. The summed E-state index contributed by atoms with van der Waals surface area (Å²) in [5, 5.41) is 3.04. The van der Waals surface area contributed by atoms with E-state index >= 15 is 0 Å². The average Bonchev–Trinajstić information content (AvgIpc) is 2.92. The van der Waals surface area contributed by atoms with Crippen LogP contribution in [0.25, 0.3) is 0 Å². The summed E-state index contributed by atoms with van der Waals surface area (Å²) in [6.07, 6.45) is 0.491. The van der Waals surface area contributed by atoms with Crippen molar-refractivity contribution in [2.24, 2.45) is 0 Å². The Bertz CT molecular complexity index is 1410. The maximum absolute atomic E-state index is 13.9. The molecule has 1 atom stereocenters. The van der Waals surface area contributed by atoms with Crippen LogP contribution in [0.5, 0.6) is 5.75 Å². The van der Waals surface area contributed by atoms with Gasteiger partial charge in [-0.05, 0) is 70.0 Å². The first-order valence-electron chi connectivity index (χ1n) is 13.0. The SMILES string of the molecule is COc1ccc(N(CC(=O)N(CCc2ccccc2)[C@H](C)C(=O)NC(C)C)S(=O)(=O)c2ccc(C)cc2)cc1Cl. The monoisotopic (exact) mass is 585 g/mol. The van der Waals surface area contributed by atoms with Crippen molar-refractivity contribution >= 4 is 39.1 Å². The smallest absolute Gasteiger partial charge is 0.264 e.